The maximum atomic E-state index is 12.6. The average Bonchev–Trinajstić information content (AvgIpc) is 2.84. The maximum Gasteiger partial charge on any atom is 0.195 e. The summed E-state index contributed by atoms with van der Waals surface area (Å²) in [5.41, 5.74) is 2.81. The first-order valence-electron chi connectivity index (χ1n) is 6.00. The highest BCUT2D eigenvalue weighted by Crippen LogP contribution is 2.24. The zero-order valence-corrected chi connectivity index (χ0v) is 12.9. The van der Waals surface area contributed by atoms with Crippen molar-refractivity contribution in [3.05, 3.63) is 62.8 Å². The van der Waals surface area contributed by atoms with Gasteiger partial charge in [0.15, 0.2) is 5.78 Å². The van der Waals surface area contributed by atoms with Gasteiger partial charge in [0.25, 0.3) is 0 Å². The number of benzene rings is 1. The topological polar surface area (TPSA) is 45.8 Å². The van der Waals surface area contributed by atoms with Crippen molar-refractivity contribution in [1.29, 1.82) is 0 Å². The number of carbonyl (C=O) groups is 1. The van der Waals surface area contributed by atoms with Crippen LogP contribution in [0.25, 0.3) is 11.0 Å². The predicted octanol–water partition coefficient (Wildman–Crippen LogP) is 4.52. The second-order valence-electron chi connectivity index (χ2n) is 4.55. The van der Waals surface area contributed by atoms with E-state index in [9.17, 15) is 4.79 Å². The van der Waals surface area contributed by atoms with Crippen LogP contribution >= 0.6 is 27.5 Å². The Morgan fingerprint density at radius 1 is 1.35 bits per heavy atom. The molecule has 0 saturated carbocycles. The van der Waals surface area contributed by atoms with Crippen LogP contribution in [0.1, 0.15) is 21.5 Å². The van der Waals surface area contributed by atoms with E-state index in [1.807, 2.05) is 13.0 Å². The third-order valence-corrected chi connectivity index (χ3v) is 4.02. The number of rotatable bonds is 2. The molecule has 0 atom stereocenters. The Labute approximate surface area is 129 Å². The lowest BCUT2D eigenvalue weighted by molar-refractivity contribution is 0.104. The molecule has 0 bridgehead atoms. The number of hydrogen-bond acceptors (Lipinski definition) is 2. The van der Waals surface area contributed by atoms with Gasteiger partial charge >= 0.3 is 0 Å². The summed E-state index contributed by atoms with van der Waals surface area (Å²) in [4.78, 5) is 19.8. The summed E-state index contributed by atoms with van der Waals surface area (Å²) in [5.74, 6) is -0.0454. The van der Waals surface area contributed by atoms with Gasteiger partial charge in [0, 0.05) is 38.4 Å². The number of halogens is 2. The number of aryl methyl sites for hydroxylation is 1. The zero-order valence-electron chi connectivity index (χ0n) is 10.6. The molecule has 0 saturated heterocycles. The Hall–Kier alpha value is -1.65. The van der Waals surface area contributed by atoms with Crippen molar-refractivity contribution in [3.8, 4) is 0 Å². The highest BCUT2D eigenvalue weighted by atomic mass is 79.9. The van der Waals surface area contributed by atoms with Gasteiger partial charge in [-0.1, -0.05) is 11.6 Å². The minimum absolute atomic E-state index is 0.0454. The maximum absolute atomic E-state index is 12.6. The molecular formula is C15H10BrClN2O. The second kappa shape index (κ2) is 5.04. The highest BCUT2D eigenvalue weighted by molar-refractivity contribution is 9.10. The molecule has 20 heavy (non-hydrogen) atoms. The molecule has 2 aromatic heterocycles. The van der Waals surface area contributed by atoms with Crippen LogP contribution in [0.2, 0.25) is 5.02 Å². The number of aromatic nitrogens is 2. The third kappa shape index (κ3) is 2.25. The molecule has 0 aliphatic rings. The largest absolute Gasteiger partial charge is 0.345 e. The third-order valence-electron chi connectivity index (χ3n) is 3.16. The lowest BCUT2D eigenvalue weighted by atomic mass is 10.0. The molecule has 100 valence electrons. The Morgan fingerprint density at radius 2 is 2.15 bits per heavy atom. The number of carbonyl (C=O) groups excluding carboxylic acids is 1. The summed E-state index contributed by atoms with van der Waals surface area (Å²) >= 11 is 9.37. The van der Waals surface area contributed by atoms with E-state index in [1.165, 1.54) is 0 Å². The van der Waals surface area contributed by atoms with Gasteiger partial charge < -0.3 is 4.98 Å². The Morgan fingerprint density at radius 3 is 2.90 bits per heavy atom. The number of nitrogens with one attached hydrogen (secondary N) is 1. The zero-order chi connectivity index (χ0) is 14.3. The van der Waals surface area contributed by atoms with Gasteiger partial charge in [0.05, 0.1) is 0 Å². The summed E-state index contributed by atoms with van der Waals surface area (Å²) in [6.07, 6.45) is 3.38. The lowest BCUT2D eigenvalue weighted by Gasteiger charge is -2.03. The van der Waals surface area contributed by atoms with Crippen LogP contribution in [0, 0.1) is 6.92 Å². The molecule has 1 aromatic carbocycles. The van der Waals surface area contributed by atoms with Crippen molar-refractivity contribution in [1.82, 2.24) is 9.97 Å². The Kier molecular flexibility index (Phi) is 3.36. The number of nitrogens with zero attached hydrogens (tertiary/aromatic N) is 1. The van der Waals surface area contributed by atoms with Gasteiger partial charge in [-0.25, -0.2) is 4.98 Å². The van der Waals surface area contributed by atoms with Crippen molar-refractivity contribution in [2.75, 3.05) is 0 Å². The van der Waals surface area contributed by atoms with Gasteiger partial charge in [-0.2, -0.15) is 0 Å². The quantitative estimate of drug-likeness (QED) is 0.691. The monoisotopic (exact) mass is 348 g/mol. The first-order chi connectivity index (χ1) is 9.56. The molecule has 5 heteroatoms. The molecular weight excluding hydrogens is 340 g/mol. The van der Waals surface area contributed by atoms with Crippen LogP contribution in [-0.2, 0) is 0 Å². The van der Waals surface area contributed by atoms with E-state index >= 15 is 0 Å². The van der Waals surface area contributed by atoms with Crippen molar-refractivity contribution in [2.24, 2.45) is 0 Å². The minimum Gasteiger partial charge on any atom is -0.345 e. The standard InChI is InChI=1S/C15H10BrClN2O/c1-8-4-9(2-3-13(8)17)14(20)12-7-19-15-11(12)5-10(16)6-18-15/h2-7H,1H3,(H,18,19). The fourth-order valence-corrected chi connectivity index (χ4v) is 2.56. The van der Waals surface area contributed by atoms with Gasteiger partial charge in [0.1, 0.15) is 5.65 Å². The fraction of sp³-hybridized carbons (Fsp3) is 0.0667. The van der Waals surface area contributed by atoms with Crippen LogP contribution in [0.15, 0.2) is 41.1 Å². The first-order valence-corrected chi connectivity index (χ1v) is 7.17. The molecule has 3 aromatic rings. The first kappa shape index (κ1) is 13.3. The van der Waals surface area contributed by atoms with E-state index in [1.54, 1.807) is 30.6 Å². The number of pyridine rings is 1. The van der Waals surface area contributed by atoms with Crippen LogP contribution in [0.4, 0.5) is 0 Å². The molecule has 0 radical (unpaired) electrons. The molecule has 0 aliphatic carbocycles. The van der Waals surface area contributed by atoms with E-state index in [4.69, 9.17) is 11.6 Å². The number of H-pyrrole nitrogens is 1. The van der Waals surface area contributed by atoms with Gasteiger partial charge in [-0.15, -0.1) is 0 Å². The van der Waals surface area contributed by atoms with Crippen LogP contribution in [-0.4, -0.2) is 15.8 Å². The second-order valence-corrected chi connectivity index (χ2v) is 5.87. The van der Waals surface area contributed by atoms with E-state index in [0.29, 0.717) is 21.8 Å². The molecule has 3 nitrogen and oxygen atoms in total. The molecule has 0 unspecified atom stereocenters. The number of aromatic amines is 1. The normalized spacial score (nSPS) is 10.9. The summed E-state index contributed by atoms with van der Waals surface area (Å²) in [7, 11) is 0. The SMILES string of the molecule is Cc1cc(C(=O)c2c[nH]c3ncc(Br)cc23)ccc1Cl. The van der Waals surface area contributed by atoms with Crippen molar-refractivity contribution in [2.45, 2.75) is 6.92 Å². The number of ketones is 1. The van der Waals surface area contributed by atoms with Crippen molar-refractivity contribution >= 4 is 44.3 Å². The van der Waals surface area contributed by atoms with Gasteiger partial charge in [-0.05, 0) is 52.7 Å². The van der Waals surface area contributed by atoms with Crippen molar-refractivity contribution < 1.29 is 4.79 Å². The molecule has 2 heterocycles. The van der Waals surface area contributed by atoms with Gasteiger partial charge in [-0.3, -0.25) is 4.79 Å². The van der Waals surface area contributed by atoms with Gasteiger partial charge in [0.2, 0.25) is 0 Å². The minimum atomic E-state index is -0.0454. The van der Waals surface area contributed by atoms with E-state index < -0.39 is 0 Å². The molecule has 0 amide bonds. The molecule has 0 fully saturated rings. The van der Waals surface area contributed by atoms with E-state index in [-0.39, 0.29) is 5.78 Å². The Balaban J connectivity index is 2.12. The Bertz CT molecular complexity index is 826. The molecule has 0 aliphatic heterocycles. The number of hydrogen-bond donors (Lipinski definition) is 1. The fourth-order valence-electron chi connectivity index (χ4n) is 2.11. The predicted molar refractivity (Wildman–Crippen MR) is 83.4 cm³/mol. The molecule has 1 N–H and O–H groups in total. The lowest BCUT2D eigenvalue weighted by Crippen LogP contribution is -2.00. The number of fused-ring (bicyclic) bond motifs is 1. The smallest absolute Gasteiger partial charge is 0.195 e. The van der Waals surface area contributed by atoms with Crippen molar-refractivity contribution in [3.63, 3.8) is 0 Å². The van der Waals surface area contributed by atoms with Crippen LogP contribution < -0.4 is 0 Å². The highest BCUT2D eigenvalue weighted by Gasteiger charge is 2.15. The van der Waals surface area contributed by atoms with Crippen LogP contribution in [0.3, 0.4) is 0 Å². The van der Waals surface area contributed by atoms with E-state index in [2.05, 4.69) is 25.9 Å². The summed E-state index contributed by atoms with van der Waals surface area (Å²) < 4.78 is 0.839. The van der Waals surface area contributed by atoms with E-state index in [0.717, 1.165) is 15.4 Å². The summed E-state index contributed by atoms with van der Waals surface area (Å²) in [5, 5.41) is 1.46. The average molecular weight is 350 g/mol. The summed E-state index contributed by atoms with van der Waals surface area (Å²) in [6.45, 7) is 1.88. The molecule has 0 spiro atoms. The summed E-state index contributed by atoms with van der Waals surface area (Å²) in [6, 6.07) is 7.17. The molecule has 3 rings (SSSR count). The van der Waals surface area contributed by atoms with Crippen LogP contribution in [0.5, 0.6) is 0 Å².